The van der Waals surface area contributed by atoms with Crippen LogP contribution in [0.1, 0.15) is 26.2 Å². The summed E-state index contributed by atoms with van der Waals surface area (Å²) >= 11 is 6.10. The van der Waals surface area contributed by atoms with E-state index in [0.29, 0.717) is 29.5 Å². The van der Waals surface area contributed by atoms with Gasteiger partial charge in [-0.2, -0.15) is 0 Å². The van der Waals surface area contributed by atoms with Gasteiger partial charge in [-0.15, -0.1) is 5.10 Å². The fourth-order valence-corrected chi connectivity index (χ4v) is 3.84. The van der Waals surface area contributed by atoms with E-state index in [1.54, 1.807) is 17.5 Å². The van der Waals surface area contributed by atoms with Gasteiger partial charge in [-0.25, -0.2) is 9.51 Å². The summed E-state index contributed by atoms with van der Waals surface area (Å²) in [6, 6.07) is 5.72. The third-order valence-electron chi connectivity index (χ3n) is 5.23. The van der Waals surface area contributed by atoms with E-state index in [1.807, 2.05) is 24.4 Å². The van der Waals surface area contributed by atoms with Crippen LogP contribution in [0.15, 0.2) is 51.8 Å². The topological polar surface area (TPSA) is 85.2 Å². The Kier molecular flexibility index (Phi) is 5.69. The van der Waals surface area contributed by atoms with Gasteiger partial charge in [-0.3, -0.25) is 9.69 Å². The van der Waals surface area contributed by atoms with Gasteiger partial charge in [0.15, 0.2) is 5.69 Å². The maximum absolute atomic E-state index is 12.0. The summed E-state index contributed by atoms with van der Waals surface area (Å²) in [6.45, 7) is 5.30. The van der Waals surface area contributed by atoms with E-state index >= 15 is 0 Å². The number of ether oxygens (including phenoxy) is 1. The summed E-state index contributed by atoms with van der Waals surface area (Å²) in [7, 11) is 0. The van der Waals surface area contributed by atoms with Crippen LogP contribution in [0.4, 0.5) is 5.69 Å². The number of aromatic nitrogens is 2. The molecule has 2 aromatic rings. The number of aliphatic imine (C=N–C) groups is 1. The van der Waals surface area contributed by atoms with Crippen LogP contribution in [-0.4, -0.2) is 52.3 Å². The van der Waals surface area contributed by atoms with Crippen LogP contribution >= 0.6 is 11.6 Å². The molecular formula is C21H24ClN5O2. The van der Waals surface area contributed by atoms with Gasteiger partial charge in [0, 0.05) is 18.3 Å². The first-order chi connectivity index (χ1) is 14.0. The number of rotatable bonds is 5. The number of Topliss-reactive ketones (excluding diaryl/α,β-unsaturated/α-hetero) is 1. The van der Waals surface area contributed by atoms with Gasteiger partial charge in [-0.1, -0.05) is 24.1 Å². The van der Waals surface area contributed by atoms with Gasteiger partial charge >= 0.3 is 0 Å². The molecule has 0 unspecified atom stereocenters. The van der Waals surface area contributed by atoms with Crippen molar-refractivity contribution in [2.24, 2.45) is 10.7 Å². The van der Waals surface area contributed by atoms with Crippen LogP contribution in [0.3, 0.4) is 0 Å². The minimum atomic E-state index is -0.277. The smallest absolute Gasteiger partial charge is 0.260 e. The van der Waals surface area contributed by atoms with Crippen molar-refractivity contribution in [3.05, 3.63) is 46.8 Å². The van der Waals surface area contributed by atoms with Crippen LogP contribution in [0.25, 0.3) is 5.52 Å². The molecule has 1 aliphatic heterocycles. The maximum atomic E-state index is 12.0. The van der Waals surface area contributed by atoms with E-state index in [0.717, 1.165) is 25.2 Å². The highest BCUT2D eigenvalue weighted by Crippen LogP contribution is 2.33. The number of ketones is 1. The fourth-order valence-electron chi connectivity index (χ4n) is 3.59. The molecule has 0 spiro atoms. The van der Waals surface area contributed by atoms with Crippen molar-refractivity contribution in [2.75, 3.05) is 26.2 Å². The Bertz CT molecular complexity index is 1030. The number of pyridine rings is 1. The number of likely N-dealkylation sites (tertiary alicyclic amines) is 1. The maximum Gasteiger partial charge on any atom is 0.260 e. The van der Waals surface area contributed by atoms with Gasteiger partial charge in [0.2, 0.25) is 5.78 Å². The molecule has 0 radical (unpaired) electrons. The number of hydrogen-bond acceptors (Lipinski definition) is 6. The summed E-state index contributed by atoms with van der Waals surface area (Å²) in [6.07, 6.45) is 7.27. The van der Waals surface area contributed by atoms with Crippen molar-refractivity contribution >= 4 is 34.3 Å². The first kappa shape index (κ1) is 19.7. The molecule has 4 rings (SSSR count). The van der Waals surface area contributed by atoms with Crippen molar-refractivity contribution in [1.82, 2.24) is 14.5 Å². The quantitative estimate of drug-likeness (QED) is 0.761. The number of carbonyl (C=O) groups excluding carboxylic acids is 1. The lowest BCUT2D eigenvalue weighted by atomic mass is 10.0. The molecular weight excluding hydrogens is 390 g/mol. The number of fused-ring (bicyclic) bond motifs is 1. The SMILES string of the molecule is CC1=C/C(=N\c2c(OCCN3CCCCC3)nn3ccccc23)C(N)=C(Cl)C1=O. The lowest BCUT2D eigenvalue weighted by Crippen LogP contribution is -2.33. The lowest BCUT2D eigenvalue weighted by molar-refractivity contribution is -0.111. The second kappa shape index (κ2) is 8.39. The zero-order valence-corrected chi connectivity index (χ0v) is 17.2. The zero-order valence-electron chi connectivity index (χ0n) is 16.4. The molecule has 3 heterocycles. The van der Waals surface area contributed by atoms with Gasteiger partial charge in [0.25, 0.3) is 5.88 Å². The third kappa shape index (κ3) is 4.06. The van der Waals surface area contributed by atoms with E-state index in [1.165, 1.54) is 19.3 Å². The molecule has 8 heteroatoms. The highest BCUT2D eigenvalue weighted by Gasteiger charge is 2.23. The standard InChI is InChI=1S/C21H24ClN5O2/c1-14-13-15(18(23)17(22)20(14)28)24-19-16-7-3-6-10-27(16)25-21(19)29-12-11-26-8-4-2-5-9-26/h3,6-7,10,13H,2,4-5,8-9,11-12,23H2,1H3/b24-15+. The number of carbonyl (C=O) groups is 1. The summed E-state index contributed by atoms with van der Waals surface area (Å²) in [4.78, 5) is 19.1. The number of allylic oxidation sites excluding steroid dienone is 3. The molecule has 0 aromatic carbocycles. The minimum absolute atomic E-state index is 0.00668. The molecule has 2 aromatic heterocycles. The Hall–Kier alpha value is -2.64. The van der Waals surface area contributed by atoms with Crippen LogP contribution in [0.5, 0.6) is 5.88 Å². The highest BCUT2D eigenvalue weighted by atomic mass is 35.5. The largest absolute Gasteiger partial charge is 0.474 e. The number of nitrogens with two attached hydrogens (primary N) is 1. The predicted octanol–water partition coefficient (Wildman–Crippen LogP) is 3.21. The normalized spacial score (nSPS) is 19.9. The van der Waals surface area contributed by atoms with Gasteiger partial charge < -0.3 is 10.5 Å². The van der Waals surface area contributed by atoms with Crippen molar-refractivity contribution in [3.8, 4) is 5.88 Å². The van der Waals surface area contributed by atoms with Crippen LogP contribution in [-0.2, 0) is 4.79 Å². The average molecular weight is 414 g/mol. The number of nitrogens with zero attached hydrogens (tertiary/aromatic N) is 4. The predicted molar refractivity (Wildman–Crippen MR) is 114 cm³/mol. The van der Waals surface area contributed by atoms with Crippen LogP contribution < -0.4 is 10.5 Å². The van der Waals surface area contributed by atoms with Crippen LogP contribution in [0, 0.1) is 0 Å². The molecule has 2 N–H and O–H groups in total. The summed E-state index contributed by atoms with van der Waals surface area (Å²) in [5.41, 5.74) is 8.52. The first-order valence-electron chi connectivity index (χ1n) is 9.84. The van der Waals surface area contributed by atoms with Crippen molar-refractivity contribution < 1.29 is 9.53 Å². The molecule has 7 nitrogen and oxygen atoms in total. The van der Waals surface area contributed by atoms with Gasteiger partial charge in [0.05, 0.1) is 16.9 Å². The Morgan fingerprint density at radius 1 is 1.28 bits per heavy atom. The molecule has 0 atom stereocenters. The van der Waals surface area contributed by atoms with Crippen molar-refractivity contribution in [1.29, 1.82) is 0 Å². The van der Waals surface area contributed by atoms with E-state index in [4.69, 9.17) is 22.1 Å². The monoisotopic (exact) mass is 413 g/mol. The summed E-state index contributed by atoms with van der Waals surface area (Å²) in [5, 5.41) is 4.52. The lowest BCUT2D eigenvalue weighted by Gasteiger charge is -2.25. The Morgan fingerprint density at radius 3 is 2.86 bits per heavy atom. The van der Waals surface area contributed by atoms with Crippen molar-refractivity contribution in [3.63, 3.8) is 0 Å². The van der Waals surface area contributed by atoms with Crippen LogP contribution in [0.2, 0.25) is 0 Å². The summed E-state index contributed by atoms with van der Waals surface area (Å²) < 4.78 is 7.74. The summed E-state index contributed by atoms with van der Waals surface area (Å²) in [5.74, 6) is 0.161. The molecule has 0 amide bonds. The molecule has 0 saturated carbocycles. The van der Waals surface area contributed by atoms with E-state index < -0.39 is 0 Å². The fraction of sp³-hybridized carbons (Fsp3) is 0.381. The third-order valence-corrected chi connectivity index (χ3v) is 5.61. The number of piperidine rings is 1. The van der Waals surface area contributed by atoms with Gasteiger partial charge in [0.1, 0.15) is 11.6 Å². The Labute approximate surface area is 174 Å². The molecule has 152 valence electrons. The number of hydrogen-bond donors (Lipinski definition) is 1. The van der Waals surface area contributed by atoms with E-state index in [-0.39, 0.29) is 16.5 Å². The van der Waals surface area contributed by atoms with Crippen molar-refractivity contribution in [2.45, 2.75) is 26.2 Å². The average Bonchev–Trinajstić information content (AvgIpc) is 3.08. The second-order valence-corrected chi connectivity index (χ2v) is 7.69. The second-order valence-electron chi connectivity index (χ2n) is 7.32. The molecule has 1 saturated heterocycles. The first-order valence-corrected chi connectivity index (χ1v) is 10.2. The van der Waals surface area contributed by atoms with E-state index in [9.17, 15) is 4.79 Å². The molecule has 1 aliphatic carbocycles. The van der Waals surface area contributed by atoms with E-state index in [2.05, 4.69) is 15.0 Å². The molecule has 1 fully saturated rings. The Morgan fingerprint density at radius 2 is 2.07 bits per heavy atom. The molecule has 2 aliphatic rings. The number of halogens is 1. The molecule has 29 heavy (non-hydrogen) atoms. The Balaban J connectivity index is 1.64. The zero-order chi connectivity index (χ0) is 20.4. The minimum Gasteiger partial charge on any atom is -0.474 e. The highest BCUT2D eigenvalue weighted by molar-refractivity contribution is 6.49. The van der Waals surface area contributed by atoms with Gasteiger partial charge in [-0.05, 0) is 51.1 Å². The molecule has 0 bridgehead atoms.